The zero-order valence-corrected chi connectivity index (χ0v) is 8.88. The van der Waals surface area contributed by atoms with Crippen molar-refractivity contribution in [3.8, 4) is 11.5 Å². The first-order chi connectivity index (χ1) is 7.24. The molecule has 0 N–H and O–H groups in total. The molecule has 0 amide bonds. The number of hydrogen-bond donors (Lipinski definition) is 0. The predicted octanol–water partition coefficient (Wildman–Crippen LogP) is 1.09. The summed E-state index contributed by atoms with van der Waals surface area (Å²) in [5.41, 5.74) is 0. The Kier molecular flexibility index (Phi) is 2.71. The summed E-state index contributed by atoms with van der Waals surface area (Å²) in [4.78, 5) is 0. The Morgan fingerprint density at radius 1 is 0.933 bits per heavy atom. The number of hydrogen-bond acceptors (Lipinski definition) is 2. The second-order valence-corrected chi connectivity index (χ2v) is 3.43. The molecular formula is C10H13BN2O2. The highest BCUT2D eigenvalue weighted by Crippen LogP contribution is 2.11. The highest BCUT2D eigenvalue weighted by atomic mass is 16.6. The second kappa shape index (κ2) is 4.17. The first kappa shape index (κ1) is 9.77. The maximum atomic E-state index is 5.39. The lowest BCUT2D eigenvalue weighted by molar-refractivity contribution is 0.458. The van der Waals surface area contributed by atoms with Crippen LogP contribution in [-0.2, 0) is 14.1 Å². The standard InChI is InChI=1S/C10H13BN2O2/c1-12-5-3-9(7-12)14-11-15-10-4-6-13(2)8-10/h3-8,11H,1-2H3. The molecule has 0 aliphatic carbocycles. The Bertz CT molecular complexity index is 396. The molecule has 0 aliphatic rings. The minimum atomic E-state index is 0.230. The van der Waals surface area contributed by atoms with Crippen molar-refractivity contribution in [2.24, 2.45) is 14.1 Å². The van der Waals surface area contributed by atoms with Crippen molar-refractivity contribution >= 4 is 7.69 Å². The van der Waals surface area contributed by atoms with Crippen LogP contribution in [0, 0.1) is 0 Å². The fraction of sp³-hybridized carbons (Fsp3) is 0.200. The van der Waals surface area contributed by atoms with Crippen molar-refractivity contribution in [1.82, 2.24) is 9.13 Å². The van der Waals surface area contributed by atoms with Gasteiger partial charge in [0.2, 0.25) is 0 Å². The molecule has 0 saturated heterocycles. The fourth-order valence-electron chi connectivity index (χ4n) is 1.29. The van der Waals surface area contributed by atoms with Crippen molar-refractivity contribution in [3.05, 3.63) is 36.9 Å². The van der Waals surface area contributed by atoms with Gasteiger partial charge in [-0.2, -0.15) is 0 Å². The highest BCUT2D eigenvalue weighted by molar-refractivity contribution is 6.20. The van der Waals surface area contributed by atoms with Crippen molar-refractivity contribution in [3.63, 3.8) is 0 Å². The van der Waals surface area contributed by atoms with Crippen LogP contribution in [0.4, 0.5) is 0 Å². The minimum absolute atomic E-state index is 0.230. The van der Waals surface area contributed by atoms with Crippen LogP contribution in [0.1, 0.15) is 0 Å². The van der Waals surface area contributed by atoms with E-state index in [4.69, 9.17) is 9.31 Å². The summed E-state index contributed by atoms with van der Waals surface area (Å²) in [6.45, 7) is 0. The van der Waals surface area contributed by atoms with Gasteiger partial charge in [0.25, 0.3) is 0 Å². The summed E-state index contributed by atoms with van der Waals surface area (Å²) in [6.07, 6.45) is 7.65. The van der Waals surface area contributed by atoms with Gasteiger partial charge < -0.3 is 18.4 Å². The van der Waals surface area contributed by atoms with Crippen LogP contribution in [-0.4, -0.2) is 16.8 Å². The summed E-state index contributed by atoms with van der Waals surface area (Å²) < 4.78 is 14.6. The third kappa shape index (κ3) is 2.59. The van der Waals surface area contributed by atoms with Gasteiger partial charge in [0.05, 0.1) is 0 Å². The lowest BCUT2D eigenvalue weighted by atomic mass is 10.3. The van der Waals surface area contributed by atoms with Crippen molar-refractivity contribution in [1.29, 1.82) is 0 Å². The van der Waals surface area contributed by atoms with Gasteiger partial charge in [-0.1, -0.05) is 0 Å². The van der Waals surface area contributed by atoms with E-state index >= 15 is 0 Å². The van der Waals surface area contributed by atoms with E-state index in [1.165, 1.54) is 0 Å². The molecular weight excluding hydrogens is 191 g/mol. The molecule has 2 aromatic rings. The summed E-state index contributed by atoms with van der Waals surface area (Å²) >= 11 is 0. The monoisotopic (exact) mass is 204 g/mol. The molecule has 0 saturated carbocycles. The lowest BCUT2D eigenvalue weighted by Gasteiger charge is -2.02. The molecule has 78 valence electrons. The third-order valence-electron chi connectivity index (χ3n) is 2.06. The van der Waals surface area contributed by atoms with E-state index in [-0.39, 0.29) is 7.69 Å². The number of nitrogens with zero attached hydrogens (tertiary/aromatic N) is 2. The van der Waals surface area contributed by atoms with Crippen LogP contribution in [0.5, 0.6) is 11.5 Å². The molecule has 0 fully saturated rings. The highest BCUT2D eigenvalue weighted by Gasteiger charge is 2.00. The van der Waals surface area contributed by atoms with Gasteiger partial charge in [0.1, 0.15) is 11.5 Å². The van der Waals surface area contributed by atoms with E-state index in [9.17, 15) is 0 Å². The molecule has 2 rings (SSSR count). The van der Waals surface area contributed by atoms with Gasteiger partial charge >= 0.3 is 7.69 Å². The number of aromatic nitrogens is 2. The first-order valence-corrected chi connectivity index (χ1v) is 4.73. The summed E-state index contributed by atoms with van der Waals surface area (Å²) in [6, 6.07) is 3.79. The first-order valence-electron chi connectivity index (χ1n) is 4.73. The topological polar surface area (TPSA) is 28.3 Å². The molecule has 0 bridgehead atoms. The van der Waals surface area contributed by atoms with Crippen LogP contribution in [0.25, 0.3) is 0 Å². The van der Waals surface area contributed by atoms with Gasteiger partial charge in [0, 0.05) is 38.9 Å². The van der Waals surface area contributed by atoms with Crippen LogP contribution in [0.2, 0.25) is 0 Å². The Morgan fingerprint density at radius 2 is 1.40 bits per heavy atom. The van der Waals surface area contributed by atoms with E-state index in [0.29, 0.717) is 0 Å². The average molecular weight is 204 g/mol. The Hall–Kier alpha value is -1.78. The largest absolute Gasteiger partial charge is 0.576 e. The van der Waals surface area contributed by atoms with Gasteiger partial charge in [-0.05, 0) is 12.1 Å². The lowest BCUT2D eigenvalue weighted by Crippen LogP contribution is -2.10. The fourth-order valence-corrected chi connectivity index (χ4v) is 1.29. The molecule has 5 heteroatoms. The van der Waals surface area contributed by atoms with Gasteiger partial charge in [-0.15, -0.1) is 0 Å². The molecule has 0 unspecified atom stereocenters. The second-order valence-electron chi connectivity index (χ2n) is 3.43. The normalized spacial score (nSPS) is 10.0. The van der Waals surface area contributed by atoms with Gasteiger partial charge in [-0.25, -0.2) is 0 Å². The van der Waals surface area contributed by atoms with Gasteiger partial charge in [0.15, 0.2) is 0 Å². The Labute approximate surface area is 89.3 Å². The maximum Gasteiger partial charge on any atom is 0.576 e. The maximum absolute atomic E-state index is 5.39. The van der Waals surface area contributed by atoms with E-state index in [0.717, 1.165) is 11.5 Å². The predicted molar refractivity (Wildman–Crippen MR) is 59.2 cm³/mol. The number of aryl methyl sites for hydroxylation is 2. The molecule has 2 aromatic heterocycles. The van der Waals surface area contributed by atoms with E-state index in [1.807, 2.05) is 60.1 Å². The summed E-state index contributed by atoms with van der Waals surface area (Å²) in [5, 5.41) is 0. The van der Waals surface area contributed by atoms with Crippen molar-refractivity contribution in [2.45, 2.75) is 0 Å². The summed E-state index contributed by atoms with van der Waals surface area (Å²) in [5.74, 6) is 1.63. The molecule has 15 heavy (non-hydrogen) atoms. The van der Waals surface area contributed by atoms with Crippen LogP contribution < -0.4 is 9.31 Å². The molecule has 0 radical (unpaired) electrons. The average Bonchev–Trinajstić information content (AvgIpc) is 2.76. The molecule has 0 spiro atoms. The van der Waals surface area contributed by atoms with Crippen molar-refractivity contribution < 1.29 is 9.31 Å². The molecule has 0 atom stereocenters. The molecule has 0 aromatic carbocycles. The SMILES string of the molecule is Cn1ccc(OBOc2ccn(C)c2)c1. The molecule has 4 nitrogen and oxygen atoms in total. The molecule has 0 aliphatic heterocycles. The zero-order chi connectivity index (χ0) is 10.7. The van der Waals surface area contributed by atoms with E-state index < -0.39 is 0 Å². The number of rotatable bonds is 4. The smallest absolute Gasteiger partial charge is 0.527 e. The third-order valence-corrected chi connectivity index (χ3v) is 2.06. The quantitative estimate of drug-likeness (QED) is 0.697. The van der Waals surface area contributed by atoms with Crippen LogP contribution in [0.15, 0.2) is 36.9 Å². The zero-order valence-electron chi connectivity index (χ0n) is 8.88. The Balaban J connectivity index is 1.80. The Morgan fingerprint density at radius 3 is 1.73 bits per heavy atom. The van der Waals surface area contributed by atoms with Crippen LogP contribution in [0.3, 0.4) is 0 Å². The van der Waals surface area contributed by atoms with Crippen LogP contribution >= 0.6 is 0 Å². The molecule has 2 heterocycles. The van der Waals surface area contributed by atoms with Gasteiger partial charge in [-0.3, -0.25) is 0 Å². The van der Waals surface area contributed by atoms with E-state index in [2.05, 4.69) is 0 Å². The summed E-state index contributed by atoms with van der Waals surface area (Å²) in [7, 11) is 4.13. The minimum Gasteiger partial charge on any atom is -0.527 e. The van der Waals surface area contributed by atoms with E-state index in [1.54, 1.807) is 0 Å². The van der Waals surface area contributed by atoms with Crippen molar-refractivity contribution in [2.75, 3.05) is 0 Å².